The molecule has 0 aliphatic carbocycles. The largest absolute Gasteiger partial charge is 0.290 e. The Morgan fingerprint density at radius 2 is 2.21 bits per heavy atom. The molecule has 70 valence electrons. The normalized spacial score (nSPS) is 10.1. The van der Waals surface area contributed by atoms with Crippen molar-refractivity contribution in [2.24, 2.45) is 5.84 Å². The van der Waals surface area contributed by atoms with Gasteiger partial charge in [-0.3, -0.25) is 10.2 Å². The van der Waals surface area contributed by atoms with E-state index in [9.17, 15) is 4.79 Å². The summed E-state index contributed by atoms with van der Waals surface area (Å²) in [6, 6.07) is 6.96. The van der Waals surface area contributed by atoms with Crippen molar-refractivity contribution in [1.29, 1.82) is 0 Å². The molecule has 2 aromatic rings. The number of hydrogen-bond acceptors (Lipinski definition) is 4. The number of benzene rings is 1. The molecule has 1 amide bonds. The Bertz CT molecular complexity index is 483. The van der Waals surface area contributed by atoms with E-state index in [1.54, 1.807) is 24.4 Å². The lowest BCUT2D eigenvalue weighted by molar-refractivity contribution is 0.0954. The molecule has 1 aromatic carbocycles. The average molecular weight is 188 g/mol. The lowest BCUT2D eigenvalue weighted by atomic mass is 10.1. The third-order valence-electron chi connectivity index (χ3n) is 1.91. The van der Waals surface area contributed by atoms with Crippen LogP contribution in [0, 0.1) is 0 Å². The van der Waals surface area contributed by atoms with Crippen LogP contribution < -0.4 is 11.3 Å². The third kappa shape index (κ3) is 1.40. The number of fused-ring (bicyclic) bond motifs is 1. The first-order valence-corrected chi connectivity index (χ1v) is 4.03. The Kier molecular flexibility index (Phi) is 2.08. The number of nitrogens with one attached hydrogen (secondary N) is 1. The number of carbonyl (C=O) groups is 1. The highest BCUT2D eigenvalue weighted by atomic mass is 16.2. The molecule has 0 aliphatic rings. The van der Waals surface area contributed by atoms with Crippen molar-refractivity contribution < 1.29 is 4.79 Å². The SMILES string of the molecule is NNC(=O)c1ccc2ccnnc2c1. The third-order valence-corrected chi connectivity index (χ3v) is 1.91. The first kappa shape index (κ1) is 8.58. The van der Waals surface area contributed by atoms with Gasteiger partial charge in [0, 0.05) is 10.9 Å². The molecule has 0 spiro atoms. The second-order valence-corrected chi connectivity index (χ2v) is 2.78. The molecule has 5 heteroatoms. The minimum atomic E-state index is -0.336. The first-order chi connectivity index (χ1) is 6.81. The number of carbonyl (C=O) groups excluding carboxylic acids is 1. The fourth-order valence-corrected chi connectivity index (χ4v) is 1.20. The van der Waals surface area contributed by atoms with Crippen LogP contribution in [0.25, 0.3) is 10.9 Å². The van der Waals surface area contributed by atoms with Crippen LogP contribution in [0.2, 0.25) is 0 Å². The first-order valence-electron chi connectivity index (χ1n) is 4.03. The van der Waals surface area contributed by atoms with Crippen molar-refractivity contribution in [3.63, 3.8) is 0 Å². The number of nitrogens with zero attached hydrogens (tertiary/aromatic N) is 2. The zero-order valence-electron chi connectivity index (χ0n) is 7.27. The summed E-state index contributed by atoms with van der Waals surface area (Å²) in [5, 5.41) is 8.55. The zero-order valence-corrected chi connectivity index (χ0v) is 7.27. The maximum absolute atomic E-state index is 11.2. The summed E-state index contributed by atoms with van der Waals surface area (Å²) < 4.78 is 0. The highest BCUT2D eigenvalue weighted by Gasteiger charge is 2.04. The molecule has 0 unspecified atom stereocenters. The summed E-state index contributed by atoms with van der Waals surface area (Å²) in [5.41, 5.74) is 3.21. The second kappa shape index (κ2) is 3.39. The predicted molar refractivity (Wildman–Crippen MR) is 51.2 cm³/mol. The molecule has 14 heavy (non-hydrogen) atoms. The van der Waals surface area contributed by atoms with Crippen molar-refractivity contribution >= 4 is 16.8 Å². The zero-order chi connectivity index (χ0) is 9.97. The van der Waals surface area contributed by atoms with Crippen molar-refractivity contribution in [2.75, 3.05) is 0 Å². The molecule has 0 fully saturated rings. The predicted octanol–water partition coefficient (Wildman–Crippen LogP) is 0.233. The van der Waals surface area contributed by atoms with E-state index in [1.165, 1.54) is 0 Å². The van der Waals surface area contributed by atoms with E-state index < -0.39 is 0 Å². The summed E-state index contributed by atoms with van der Waals surface area (Å²) in [6.45, 7) is 0. The molecule has 1 heterocycles. The fourth-order valence-electron chi connectivity index (χ4n) is 1.20. The maximum atomic E-state index is 11.2. The van der Waals surface area contributed by atoms with Crippen LogP contribution in [0.1, 0.15) is 10.4 Å². The molecule has 0 aliphatic heterocycles. The summed E-state index contributed by atoms with van der Waals surface area (Å²) in [4.78, 5) is 11.2. The van der Waals surface area contributed by atoms with E-state index in [2.05, 4.69) is 15.6 Å². The van der Waals surface area contributed by atoms with Gasteiger partial charge < -0.3 is 0 Å². The van der Waals surface area contributed by atoms with Crippen LogP contribution in [0.5, 0.6) is 0 Å². The molecule has 0 bridgehead atoms. The van der Waals surface area contributed by atoms with Crippen molar-refractivity contribution in [2.45, 2.75) is 0 Å². The van der Waals surface area contributed by atoms with E-state index in [1.807, 2.05) is 6.07 Å². The van der Waals surface area contributed by atoms with E-state index in [4.69, 9.17) is 5.84 Å². The smallest absolute Gasteiger partial charge is 0.265 e. The minimum absolute atomic E-state index is 0.336. The van der Waals surface area contributed by atoms with Gasteiger partial charge in [0.15, 0.2) is 0 Å². The Labute approximate surface area is 79.9 Å². The number of hydrogen-bond donors (Lipinski definition) is 2. The van der Waals surface area contributed by atoms with Crippen LogP contribution in [-0.2, 0) is 0 Å². The van der Waals surface area contributed by atoms with Crippen molar-refractivity contribution in [1.82, 2.24) is 15.6 Å². The number of nitrogens with two attached hydrogens (primary N) is 1. The molecule has 1 aromatic heterocycles. The molecule has 0 atom stereocenters. The Hall–Kier alpha value is -2.01. The van der Waals surface area contributed by atoms with Gasteiger partial charge in [0.1, 0.15) is 0 Å². The van der Waals surface area contributed by atoms with Gasteiger partial charge in [-0.2, -0.15) is 10.2 Å². The molecule has 0 radical (unpaired) electrons. The summed E-state index contributed by atoms with van der Waals surface area (Å²) in [5.74, 6) is 4.68. The molecule has 2 rings (SSSR count). The van der Waals surface area contributed by atoms with Gasteiger partial charge in [0.05, 0.1) is 11.7 Å². The van der Waals surface area contributed by atoms with E-state index in [0.717, 1.165) is 5.39 Å². The number of hydrazine groups is 1. The Balaban J connectivity index is 2.56. The molecular formula is C9H8N4O. The summed E-state index contributed by atoms with van der Waals surface area (Å²) in [7, 11) is 0. The van der Waals surface area contributed by atoms with Gasteiger partial charge in [-0.15, -0.1) is 0 Å². The van der Waals surface area contributed by atoms with Gasteiger partial charge in [-0.25, -0.2) is 5.84 Å². The molecule has 3 N–H and O–H groups in total. The number of amides is 1. The van der Waals surface area contributed by atoms with Crippen LogP contribution in [0.3, 0.4) is 0 Å². The van der Waals surface area contributed by atoms with Crippen LogP contribution in [0.4, 0.5) is 0 Å². The lowest BCUT2D eigenvalue weighted by Crippen LogP contribution is -2.29. The van der Waals surface area contributed by atoms with Gasteiger partial charge >= 0.3 is 0 Å². The standard InChI is InChI=1S/C9H8N4O/c10-12-9(14)7-2-1-6-3-4-11-13-8(6)5-7/h1-5H,10H2,(H,12,14). The average Bonchev–Trinajstić information content (AvgIpc) is 2.27. The number of aromatic nitrogens is 2. The quantitative estimate of drug-likeness (QED) is 0.381. The molecule has 0 saturated heterocycles. The maximum Gasteiger partial charge on any atom is 0.265 e. The van der Waals surface area contributed by atoms with Gasteiger partial charge in [0.2, 0.25) is 0 Å². The highest BCUT2D eigenvalue weighted by Crippen LogP contribution is 2.11. The summed E-state index contributed by atoms with van der Waals surface area (Å²) >= 11 is 0. The monoisotopic (exact) mass is 188 g/mol. The Morgan fingerprint density at radius 3 is 3.00 bits per heavy atom. The van der Waals surface area contributed by atoms with E-state index >= 15 is 0 Å². The van der Waals surface area contributed by atoms with Gasteiger partial charge in [-0.05, 0) is 18.2 Å². The number of rotatable bonds is 1. The van der Waals surface area contributed by atoms with Gasteiger partial charge in [0.25, 0.3) is 5.91 Å². The second-order valence-electron chi connectivity index (χ2n) is 2.78. The van der Waals surface area contributed by atoms with Crippen LogP contribution in [-0.4, -0.2) is 16.1 Å². The molecule has 0 saturated carbocycles. The van der Waals surface area contributed by atoms with Crippen molar-refractivity contribution in [3.05, 3.63) is 36.0 Å². The molecule has 5 nitrogen and oxygen atoms in total. The molecular weight excluding hydrogens is 180 g/mol. The topological polar surface area (TPSA) is 80.9 Å². The van der Waals surface area contributed by atoms with E-state index in [-0.39, 0.29) is 5.91 Å². The minimum Gasteiger partial charge on any atom is -0.290 e. The van der Waals surface area contributed by atoms with Crippen LogP contribution >= 0.6 is 0 Å². The van der Waals surface area contributed by atoms with E-state index in [0.29, 0.717) is 11.1 Å². The highest BCUT2D eigenvalue weighted by molar-refractivity contribution is 5.97. The Morgan fingerprint density at radius 1 is 1.36 bits per heavy atom. The summed E-state index contributed by atoms with van der Waals surface area (Å²) in [6.07, 6.45) is 1.60. The van der Waals surface area contributed by atoms with Crippen LogP contribution in [0.15, 0.2) is 30.5 Å². The lowest BCUT2D eigenvalue weighted by Gasteiger charge is -2.00. The number of nitrogen functional groups attached to an aromatic ring is 1. The fraction of sp³-hybridized carbons (Fsp3) is 0. The van der Waals surface area contributed by atoms with Gasteiger partial charge in [-0.1, -0.05) is 6.07 Å². The van der Waals surface area contributed by atoms with Crippen molar-refractivity contribution in [3.8, 4) is 0 Å².